The highest BCUT2D eigenvalue weighted by Crippen LogP contribution is 2.42. The number of halogens is 5. The fourth-order valence-corrected chi connectivity index (χ4v) is 4.92. The zero-order valence-electron chi connectivity index (χ0n) is 19.7. The Morgan fingerprint density at radius 3 is 2.57 bits per heavy atom. The van der Waals surface area contributed by atoms with E-state index in [0.717, 1.165) is 16.5 Å². The predicted molar refractivity (Wildman–Crippen MR) is 157 cm³/mol. The van der Waals surface area contributed by atoms with Gasteiger partial charge in [0, 0.05) is 20.9 Å². The highest BCUT2D eigenvalue weighted by Gasteiger charge is 2.18. The molecule has 11 heteroatoms. The first kappa shape index (κ1) is 27.9. The van der Waals surface area contributed by atoms with E-state index < -0.39 is 0 Å². The van der Waals surface area contributed by atoms with E-state index in [4.69, 9.17) is 44.3 Å². The fourth-order valence-electron chi connectivity index (χ4n) is 3.59. The molecule has 1 heterocycles. The quantitative estimate of drug-likeness (QED) is 0.175. The Balaban J connectivity index is 1.71. The van der Waals surface area contributed by atoms with Gasteiger partial charge in [-0.25, -0.2) is 4.98 Å². The summed E-state index contributed by atoms with van der Waals surface area (Å²) in [5, 5.41) is 6.13. The summed E-state index contributed by atoms with van der Waals surface area (Å²) >= 11 is 25.7. The van der Waals surface area contributed by atoms with Crippen molar-refractivity contribution in [2.24, 2.45) is 5.10 Å². The second-order valence-corrected chi connectivity index (χ2v) is 10.9. The smallest absolute Gasteiger partial charge is 0.282 e. The Bertz CT molecular complexity index is 1570. The molecule has 4 aromatic rings. The van der Waals surface area contributed by atoms with Crippen LogP contribution in [0.3, 0.4) is 0 Å². The molecule has 0 atom stereocenters. The molecule has 0 amide bonds. The molecule has 0 fully saturated rings. The first-order valence-electron chi connectivity index (χ1n) is 11.1. The van der Waals surface area contributed by atoms with Gasteiger partial charge in [-0.1, -0.05) is 63.7 Å². The molecule has 1 aromatic heterocycles. The number of hydrogen-bond donors (Lipinski definition) is 0. The zero-order valence-corrected chi connectivity index (χ0v) is 25.1. The second kappa shape index (κ2) is 12.2. The van der Waals surface area contributed by atoms with Gasteiger partial charge in [0.25, 0.3) is 5.56 Å². The summed E-state index contributed by atoms with van der Waals surface area (Å²) in [5.74, 6) is 1.31. The highest BCUT2D eigenvalue weighted by molar-refractivity contribution is 9.10. The van der Waals surface area contributed by atoms with Gasteiger partial charge >= 0.3 is 0 Å². The van der Waals surface area contributed by atoms with E-state index in [0.29, 0.717) is 59.8 Å². The van der Waals surface area contributed by atoms with Gasteiger partial charge in [0.1, 0.15) is 17.5 Å². The monoisotopic (exact) mass is 685 g/mol. The molecule has 0 spiro atoms. The topological polar surface area (TPSA) is 65.7 Å². The average molecular weight is 689 g/mol. The van der Waals surface area contributed by atoms with E-state index in [1.807, 2.05) is 25.1 Å². The van der Waals surface area contributed by atoms with Gasteiger partial charge in [0.05, 0.1) is 34.3 Å². The molecule has 0 aliphatic heterocycles. The first-order chi connectivity index (χ1) is 17.7. The normalized spacial score (nSPS) is 11.4. The molecule has 4 rings (SSSR count). The Hall–Kier alpha value is -2.10. The molecule has 0 saturated heterocycles. The third-order valence-electron chi connectivity index (χ3n) is 5.40. The van der Waals surface area contributed by atoms with Crippen LogP contribution >= 0.6 is 66.7 Å². The number of rotatable bonds is 8. The zero-order chi connectivity index (χ0) is 26.7. The molecule has 0 saturated carbocycles. The Labute approximate surface area is 245 Å². The van der Waals surface area contributed by atoms with Crippen molar-refractivity contribution in [2.75, 3.05) is 7.11 Å². The van der Waals surface area contributed by atoms with Crippen LogP contribution < -0.4 is 15.0 Å². The van der Waals surface area contributed by atoms with Crippen molar-refractivity contribution in [3.8, 4) is 11.5 Å². The third-order valence-corrected chi connectivity index (χ3v) is 8.08. The van der Waals surface area contributed by atoms with Crippen LogP contribution in [0.1, 0.15) is 30.3 Å². The van der Waals surface area contributed by atoms with Crippen molar-refractivity contribution in [2.45, 2.75) is 26.4 Å². The van der Waals surface area contributed by atoms with Crippen molar-refractivity contribution >= 4 is 83.8 Å². The van der Waals surface area contributed by atoms with Gasteiger partial charge in [-0.15, -0.1) is 0 Å². The predicted octanol–water partition coefficient (Wildman–Crippen LogP) is 8.30. The minimum atomic E-state index is -0.262. The van der Waals surface area contributed by atoms with Crippen molar-refractivity contribution in [3.05, 3.63) is 93.8 Å². The molecule has 192 valence electrons. The van der Waals surface area contributed by atoms with Gasteiger partial charge in [-0.3, -0.25) is 4.79 Å². The lowest BCUT2D eigenvalue weighted by atomic mass is 10.2. The lowest BCUT2D eigenvalue weighted by molar-refractivity contribution is 0.284. The van der Waals surface area contributed by atoms with E-state index >= 15 is 0 Å². The number of aromatic nitrogens is 2. The van der Waals surface area contributed by atoms with E-state index in [-0.39, 0.29) is 12.2 Å². The fraction of sp³-hybridized carbons (Fsp3) is 0.192. The Kier molecular flexibility index (Phi) is 9.19. The number of aryl methyl sites for hydroxylation is 1. The van der Waals surface area contributed by atoms with Gasteiger partial charge in [-0.05, 0) is 64.3 Å². The number of benzene rings is 3. The number of fused-ring (bicyclic) bond motifs is 1. The maximum Gasteiger partial charge on any atom is 0.282 e. The molecule has 0 bridgehead atoms. The van der Waals surface area contributed by atoms with Crippen molar-refractivity contribution in [3.63, 3.8) is 0 Å². The van der Waals surface area contributed by atoms with Gasteiger partial charge in [0.15, 0.2) is 11.5 Å². The molecule has 6 nitrogen and oxygen atoms in total. The summed E-state index contributed by atoms with van der Waals surface area (Å²) in [6, 6.07) is 12.4. The van der Waals surface area contributed by atoms with Crippen LogP contribution in [0, 0.1) is 0 Å². The maximum absolute atomic E-state index is 13.3. The molecular weight excluding hydrogens is 668 g/mol. The Morgan fingerprint density at radius 1 is 1.08 bits per heavy atom. The molecule has 3 aromatic carbocycles. The number of methoxy groups -OCH3 is 1. The lowest BCUT2D eigenvalue weighted by Gasteiger charge is -2.15. The molecule has 0 aliphatic rings. The summed E-state index contributed by atoms with van der Waals surface area (Å²) in [7, 11) is 1.52. The molecule has 0 N–H and O–H groups in total. The van der Waals surface area contributed by atoms with Gasteiger partial charge in [-0.2, -0.15) is 9.78 Å². The summed E-state index contributed by atoms with van der Waals surface area (Å²) in [4.78, 5) is 17.9. The minimum Gasteiger partial charge on any atom is -0.493 e. The first-order valence-corrected chi connectivity index (χ1v) is 13.8. The van der Waals surface area contributed by atoms with Crippen LogP contribution in [0.25, 0.3) is 10.9 Å². The molecule has 0 aliphatic carbocycles. The van der Waals surface area contributed by atoms with Gasteiger partial charge < -0.3 is 9.47 Å². The Morgan fingerprint density at radius 2 is 1.86 bits per heavy atom. The number of nitrogens with zero attached hydrogens (tertiary/aromatic N) is 3. The summed E-state index contributed by atoms with van der Waals surface area (Å²) in [6.45, 7) is 2.21. The SMILES string of the molecule is CCCc1nc2ccc(Br)cc2c(=O)n1N=Cc1cc(OC)c(OCc2ccc(Cl)c(Cl)c2)c(Cl)c1Br. The van der Waals surface area contributed by atoms with Crippen molar-refractivity contribution in [1.29, 1.82) is 0 Å². The maximum atomic E-state index is 13.3. The van der Waals surface area contributed by atoms with Crippen LogP contribution in [-0.2, 0) is 13.0 Å². The van der Waals surface area contributed by atoms with Crippen molar-refractivity contribution < 1.29 is 9.47 Å². The van der Waals surface area contributed by atoms with Crippen LogP contribution in [0.5, 0.6) is 11.5 Å². The van der Waals surface area contributed by atoms with Crippen molar-refractivity contribution in [1.82, 2.24) is 9.66 Å². The van der Waals surface area contributed by atoms with E-state index in [1.54, 1.807) is 24.3 Å². The minimum absolute atomic E-state index is 0.195. The van der Waals surface area contributed by atoms with Crippen LogP contribution in [0.15, 0.2) is 61.3 Å². The highest BCUT2D eigenvalue weighted by atomic mass is 79.9. The number of hydrogen-bond acceptors (Lipinski definition) is 5. The standard InChI is InChI=1S/C26H20Br2Cl3N3O3/c1-3-4-22-33-20-8-6-16(27)11-17(20)26(35)34(22)32-12-15-10-21(36-2)25(24(31)23(15)28)37-13-14-5-7-18(29)19(30)9-14/h5-12H,3-4,13H2,1-2H3. The largest absolute Gasteiger partial charge is 0.493 e. The van der Waals surface area contributed by atoms with Crippen LogP contribution in [0.4, 0.5) is 0 Å². The average Bonchev–Trinajstić information content (AvgIpc) is 2.88. The lowest BCUT2D eigenvalue weighted by Crippen LogP contribution is -2.22. The van der Waals surface area contributed by atoms with E-state index in [9.17, 15) is 4.79 Å². The van der Waals surface area contributed by atoms with Crippen LogP contribution in [0.2, 0.25) is 15.1 Å². The summed E-state index contributed by atoms with van der Waals surface area (Å²) in [5.41, 5.74) is 1.76. The molecule has 0 unspecified atom stereocenters. The molecular formula is C26H20Br2Cl3N3O3. The van der Waals surface area contributed by atoms with Gasteiger partial charge in [0.2, 0.25) is 0 Å². The molecule has 0 radical (unpaired) electrons. The number of ether oxygens (including phenoxy) is 2. The van der Waals surface area contributed by atoms with E-state index in [2.05, 4.69) is 41.9 Å². The third kappa shape index (κ3) is 6.15. The molecule has 37 heavy (non-hydrogen) atoms. The second-order valence-electron chi connectivity index (χ2n) is 7.96. The van der Waals surface area contributed by atoms with Crippen LogP contribution in [-0.4, -0.2) is 23.0 Å². The van der Waals surface area contributed by atoms with E-state index in [1.165, 1.54) is 18.0 Å². The summed E-state index contributed by atoms with van der Waals surface area (Å²) in [6.07, 6.45) is 2.93. The summed E-state index contributed by atoms with van der Waals surface area (Å²) < 4.78 is 14.1.